The molecule has 1 aromatic heterocycles. The van der Waals surface area contributed by atoms with Crippen molar-refractivity contribution < 1.29 is 13.5 Å². The number of ether oxygens (including phenoxy) is 1. The second-order valence-electron chi connectivity index (χ2n) is 5.00. The standard InChI is InChI=1S/C16H21F2N5O.HI/c1-19-16(20-7-3-9-23-10-4-8-22-23)21-12-13-5-2-6-14(11-13)24-15(17)18;/h2,4-6,8,10-11,15H,3,7,9,12H2,1H3,(H2,19,20,21);1H. The number of alkyl halides is 2. The molecule has 138 valence electrons. The predicted octanol–water partition coefficient (Wildman–Crippen LogP) is 2.86. The zero-order valence-electron chi connectivity index (χ0n) is 13.9. The topological polar surface area (TPSA) is 63.5 Å². The van der Waals surface area contributed by atoms with Gasteiger partial charge in [-0.05, 0) is 30.2 Å². The Morgan fingerprint density at radius 3 is 2.84 bits per heavy atom. The van der Waals surface area contributed by atoms with E-state index in [0.717, 1.165) is 25.1 Å². The van der Waals surface area contributed by atoms with Gasteiger partial charge in [0, 0.05) is 39.1 Å². The van der Waals surface area contributed by atoms with Crippen LogP contribution in [0.2, 0.25) is 0 Å². The molecule has 0 aliphatic heterocycles. The van der Waals surface area contributed by atoms with E-state index in [1.165, 1.54) is 6.07 Å². The van der Waals surface area contributed by atoms with E-state index >= 15 is 0 Å². The maximum atomic E-state index is 12.2. The maximum absolute atomic E-state index is 12.2. The summed E-state index contributed by atoms with van der Waals surface area (Å²) in [5.74, 6) is 0.794. The van der Waals surface area contributed by atoms with Crippen molar-refractivity contribution in [2.24, 2.45) is 4.99 Å². The van der Waals surface area contributed by atoms with Crippen molar-refractivity contribution in [1.82, 2.24) is 20.4 Å². The molecule has 0 amide bonds. The van der Waals surface area contributed by atoms with Gasteiger partial charge in [-0.2, -0.15) is 13.9 Å². The lowest BCUT2D eigenvalue weighted by atomic mass is 10.2. The second kappa shape index (κ2) is 11.6. The van der Waals surface area contributed by atoms with E-state index in [-0.39, 0.29) is 29.7 Å². The summed E-state index contributed by atoms with van der Waals surface area (Å²) in [4.78, 5) is 4.13. The van der Waals surface area contributed by atoms with Crippen molar-refractivity contribution in [1.29, 1.82) is 0 Å². The van der Waals surface area contributed by atoms with Crippen molar-refractivity contribution in [3.63, 3.8) is 0 Å². The summed E-state index contributed by atoms with van der Waals surface area (Å²) in [5, 5.41) is 10.5. The van der Waals surface area contributed by atoms with E-state index in [2.05, 4.69) is 25.5 Å². The molecule has 1 heterocycles. The van der Waals surface area contributed by atoms with Gasteiger partial charge in [-0.25, -0.2) is 0 Å². The summed E-state index contributed by atoms with van der Waals surface area (Å²) in [6.45, 7) is -0.797. The Hall–Kier alpha value is -1.91. The first-order valence-corrected chi connectivity index (χ1v) is 7.63. The Kier molecular flexibility index (Phi) is 9.81. The van der Waals surface area contributed by atoms with Crippen molar-refractivity contribution in [2.75, 3.05) is 13.6 Å². The summed E-state index contributed by atoms with van der Waals surface area (Å²) >= 11 is 0. The number of aryl methyl sites for hydroxylation is 1. The number of halogens is 3. The quantitative estimate of drug-likeness (QED) is 0.273. The molecule has 0 radical (unpaired) electrons. The lowest BCUT2D eigenvalue weighted by Crippen LogP contribution is -2.37. The number of rotatable bonds is 8. The van der Waals surface area contributed by atoms with Crippen LogP contribution in [0, 0.1) is 0 Å². The third-order valence-corrected chi connectivity index (χ3v) is 3.22. The number of guanidine groups is 1. The third kappa shape index (κ3) is 8.14. The van der Waals surface area contributed by atoms with E-state index in [4.69, 9.17) is 0 Å². The number of aliphatic imine (C=N–C) groups is 1. The zero-order chi connectivity index (χ0) is 17.2. The highest BCUT2D eigenvalue weighted by molar-refractivity contribution is 14.0. The predicted molar refractivity (Wildman–Crippen MR) is 104 cm³/mol. The first kappa shape index (κ1) is 21.1. The third-order valence-electron chi connectivity index (χ3n) is 3.22. The minimum atomic E-state index is -2.82. The van der Waals surface area contributed by atoms with Crippen LogP contribution in [0.4, 0.5) is 8.78 Å². The molecule has 9 heteroatoms. The number of hydrogen-bond acceptors (Lipinski definition) is 3. The summed E-state index contributed by atoms with van der Waals surface area (Å²) in [6.07, 6.45) is 4.57. The van der Waals surface area contributed by atoms with Crippen LogP contribution >= 0.6 is 24.0 Å². The first-order chi connectivity index (χ1) is 11.7. The molecular weight excluding hydrogens is 443 g/mol. The maximum Gasteiger partial charge on any atom is 0.387 e. The molecule has 0 unspecified atom stereocenters. The lowest BCUT2D eigenvalue weighted by molar-refractivity contribution is -0.0498. The number of benzene rings is 1. The fourth-order valence-electron chi connectivity index (χ4n) is 2.12. The molecular formula is C16H22F2IN5O. The van der Waals surface area contributed by atoms with Gasteiger partial charge in [-0.15, -0.1) is 24.0 Å². The van der Waals surface area contributed by atoms with Gasteiger partial charge < -0.3 is 15.4 Å². The monoisotopic (exact) mass is 465 g/mol. The van der Waals surface area contributed by atoms with Gasteiger partial charge in [0.05, 0.1) is 0 Å². The molecule has 0 aliphatic carbocycles. The van der Waals surface area contributed by atoms with E-state index in [0.29, 0.717) is 12.5 Å². The van der Waals surface area contributed by atoms with Crippen LogP contribution in [-0.2, 0) is 13.1 Å². The smallest absolute Gasteiger partial charge is 0.387 e. The van der Waals surface area contributed by atoms with Gasteiger partial charge in [0.2, 0.25) is 0 Å². The molecule has 2 rings (SSSR count). The molecule has 2 aromatic rings. The number of nitrogens with zero attached hydrogens (tertiary/aromatic N) is 3. The van der Waals surface area contributed by atoms with Crippen molar-refractivity contribution >= 4 is 29.9 Å². The van der Waals surface area contributed by atoms with Crippen LogP contribution < -0.4 is 15.4 Å². The Morgan fingerprint density at radius 1 is 1.32 bits per heavy atom. The summed E-state index contributed by atoms with van der Waals surface area (Å²) in [5.41, 5.74) is 0.827. The van der Waals surface area contributed by atoms with Crippen molar-refractivity contribution in [2.45, 2.75) is 26.1 Å². The second-order valence-corrected chi connectivity index (χ2v) is 5.00. The van der Waals surface area contributed by atoms with Crippen LogP contribution in [0.1, 0.15) is 12.0 Å². The molecule has 6 nitrogen and oxygen atoms in total. The summed E-state index contributed by atoms with van der Waals surface area (Å²) < 4.78 is 30.7. The van der Waals surface area contributed by atoms with Crippen LogP contribution in [0.25, 0.3) is 0 Å². The van der Waals surface area contributed by atoms with Gasteiger partial charge in [0.1, 0.15) is 5.75 Å². The molecule has 0 bridgehead atoms. The molecule has 0 aliphatic rings. The highest BCUT2D eigenvalue weighted by atomic mass is 127. The highest BCUT2D eigenvalue weighted by Gasteiger charge is 2.05. The van der Waals surface area contributed by atoms with Crippen LogP contribution in [0.5, 0.6) is 5.75 Å². The van der Waals surface area contributed by atoms with Crippen molar-refractivity contribution in [3.05, 3.63) is 48.3 Å². The van der Waals surface area contributed by atoms with Crippen LogP contribution in [0.15, 0.2) is 47.7 Å². The average molecular weight is 465 g/mol. The van der Waals surface area contributed by atoms with Gasteiger partial charge in [-0.1, -0.05) is 12.1 Å². The van der Waals surface area contributed by atoms with E-state index in [9.17, 15) is 8.78 Å². The van der Waals surface area contributed by atoms with E-state index in [1.807, 2.05) is 23.0 Å². The molecule has 2 N–H and O–H groups in total. The molecule has 0 saturated carbocycles. The first-order valence-electron chi connectivity index (χ1n) is 7.63. The highest BCUT2D eigenvalue weighted by Crippen LogP contribution is 2.15. The average Bonchev–Trinajstić information content (AvgIpc) is 3.07. The van der Waals surface area contributed by atoms with Gasteiger partial charge >= 0.3 is 6.61 Å². The van der Waals surface area contributed by atoms with E-state index in [1.54, 1.807) is 25.4 Å². The number of nitrogens with one attached hydrogen (secondary N) is 2. The molecule has 1 aromatic carbocycles. The molecule has 0 fully saturated rings. The van der Waals surface area contributed by atoms with Crippen LogP contribution in [0.3, 0.4) is 0 Å². The lowest BCUT2D eigenvalue weighted by Gasteiger charge is -2.12. The fraction of sp³-hybridized carbons (Fsp3) is 0.375. The minimum absolute atomic E-state index is 0. The number of hydrogen-bond donors (Lipinski definition) is 2. The largest absolute Gasteiger partial charge is 0.435 e. The van der Waals surface area contributed by atoms with E-state index < -0.39 is 6.61 Å². The van der Waals surface area contributed by atoms with Gasteiger partial charge in [-0.3, -0.25) is 9.67 Å². The molecule has 0 atom stereocenters. The number of aromatic nitrogens is 2. The zero-order valence-corrected chi connectivity index (χ0v) is 16.2. The Morgan fingerprint density at radius 2 is 2.16 bits per heavy atom. The molecule has 0 spiro atoms. The molecule has 25 heavy (non-hydrogen) atoms. The minimum Gasteiger partial charge on any atom is -0.435 e. The SMILES string of the molecule is CN=C(NCCCn1cccn1)NCc1cccc(OC(F)F)c1.I. The normalized spacial score (nSPS) is 11.1. The fourth-order valence-corrected chi connectivity index (χ4v) is 2.12. The Bertz CT molecular complexity index is 637. The van der Waals surface area contributed by atoms with Gasteiger partial charge in [0.15, 0.2) is 5.96 Å². The van der Waals surface area contributed by atoms with Gasteiger partial charge in [0.25, 0.3) is 0 Å². The molecule has 0 saturated heterocycles. The summed E-state index contributed by atoms with van der Waals surface area (Å²) in [6, 6.07) is 8.47. The Balaban J connectivity index is 0.00000312. The van der Waals surface area contributed by atoms with Crippen LogP contribution in [-0.4, -0.2) is 35.9 Å². The summed E-state index contributed by atoms with van der Waals surface area (Å²) in [7, 11) is 1.68. The van der Waals surface area contributed by atoms with Crippen molar-refractivity contribution in [3.8, 4) is 5.75 Å². The Labute approximate surface area is 162 Å².